The van der Waals surface area contributed by atoms with Gasteiger partial charge in [0.1, 0.15) is 6.29 Å². The monoisotopic (exact) mass is 318 g/mol. The normalized spacial score (nSPS) is 55.4. The average Bonchev–Trinajstić information content (AvgIpc) is 2.79. The van der Waals surface area contributed by atoms with Crippen molar-refractivity contribution >= 4 is 6.29 Å². The third kappa shape index (κ3) is 2.05. The highest BCUT2D eigenvalue weighted by molar-refractivity contribution is 5.56. The first kappa shape index (κ1) is 15.8. The van der Waals surface area contributed by atoms with Gasteiger partial charge in [-0.2, -0.15) is 0 Å². The number of fused-ring (bicyclic) bond motifs is 5. The molecule has 0 aliphatic heterocycles. The lowest BCUT2D eigenvalue weighted by Crippen LogP contribution is -2.52. The zero-order valence-electron chi connectivity index (χ0n) is 14.4. The van der Waals surface area contributed by atoms with Crippen molar-refractivity contribution in [2.24, 2.45) is 34.5 Å². The number of rotatable bonds is 1. The topological polar surface area (TPSA) is 57.5 Å². The quantitative estimate of drug-likeness (QED) is 0.577. The second kappa shape index (κ2) is 5.16. The van der Waals surface area contributed by atoms with Gasteiger partial charge in [-0.25, -0.2) is 0 Å². The van der Waals surface area contributed by atoms with Gasteiger partial charge < -0.3 is 15.0 Å². The maximum absolute atomic E-state index is 11.7. The van der Waals surface area contributed by atoms with Crippen LogP contribution in [0.5, 0.6) is 0 Å². The Morgan fingerprint density at radius 2 is 2.00 bits per heavy atom. The molecule has 4 aliphatic rings. The number of carbonyl (C=O) groups excluding carboxylic acids is 1. The molecular weight excluding hydrogens is 288 g/mol. The molecule has 0 aromatic rings. The molecule has 2 N–H and O–H groups in total. The molecule has 0 bridgehead atoms. The van der Waals surface area contributed by atoms with E-state index < -0.39 is 0 Å². The summed E-state index contributed by atoms with van der Waals surface area (Å²) in [7, 11) is 0. The predicted molar refractivity (Wildman–Crippen MR) is 88.7 cm³/mol. The molecule has 0 heterocycles. The van der Waals surface area contributed by atoms with Crippen molar-refractivity contribution in [3.8, 4) is 0 Å². The van der Waals surface area contributed by atoms with Crippen molar-refractivity contribution in [1.82, 2.24) is 0 Å². The van der Waals surface area contributed by atoms with Crippen LogP contribution in [0.1, 0.15) is 58.8 Å². The summed E-state index contributed by atoms with van der Waals surface area (Å²) in [4.78, 5) is 11.7. The summed E-state index contributed by atoms with van der Waals surface area (Å²) in [6, 6.07) is 0. The molecule has 128 valence electrons. The maximum Gasteiger partial charge on any atom is 0.123 e. The van der Waals surface area contributed by atoms with E-state index in [-0.39, 0.29) is 29.0 Å². The molecule has 1 unspecified atom stereocenters. The number of hydrogen-bond acceptors (Lipinski definition) is 3. The summed E-state index contributed by atoms with van der Waals surface area (Å²) < 4.78 is 0. The lowest BCUT2D eigenvalue weighted by molar-refractivity contribution is -0.117. The lowest BCUT2D eigenvalue weighted by atomic mass is 9.47. The zero-order chi connectivity index (χ0) is 16.4. The SMILES string of the molecule is C[C@]12CC[C@H]3[C@@H](CC=C4C[C@@H](O)CC[C@@]43C)[C@@H]1C(C=O)C[C@@H]2O. The van der Waals surface area contributed by atoms with Gasteiger partial charge in [-0.3, -0.25) is 0 Å². The van der Waals surface area contributed by atoms with Gasteiger partial charge in [0.15, 0.2) is 0 Å². The second-order valence-corrected chi connectivity index (χ2v) is 9.17. The third-order valence-electron chi connectivity index (χ3n) is 8.27. The van der Waals surface area contributed by atoms with Gasteiger partial charge >= 0.3 is 0 Å². The first-order valence-corrected chi connectivity index (χ1v) is 9.41. The molecule has 0 amide bonds. The van der Waals surface area contributed by atoms with Crippen molar-refractivity contribution in [1.29, 1.82) is 0 Å². The van der Waals surface area contributed by atoms with Gasteiger partial charge in [-0.15, -0.1) is 0 Å². The predicted octanol–water partition coefficient (Wildman–Crippen LogP) is 3.10. The van der Waals surface area contributed by atoms with Crippen molar-refractivity contribution < 1.29 is 15.0 Å². The number of hydrogen-bond donors (Lipinski definition) is 2. The standard InChI is InChI=1S/C20H30O3/c1-19-7-5-14(22)10-13(19)3-4-15-16(19)6-8-20(2)17(23)9-12(11-21)18(15)20/h3,11-12,14-18,22-23H,4-10H2,1-2H3/t12?,14-,15+,16-,17-,18-,19-,20+/m0/s1. The fourth-order valence-corrected chi connectivity index (χ4v) is 6.93. The highest BCUT2D eigenvalue weighted by Crippen LogP contribution is 2.65. The van der Waals surface area contributed by atoms with Gasteiger partial charge in [0.2, 0.25) is 0 Å². The van der Waals surface area contributed by atoms with Crippen LogP contribution in [-0.4, -0.2) is 28.7 Å². The van der Waals surface area contributed by atoms with Crippen LogP contribution in [0.15, 0.2) is 11.6 Å². The molecule has 0 aromatic heterocycles. The Balaban J connectivity index is 1.72. The molecular formula is C20H30O3. The van der Waals surface area contributed by atoms with Crippen LogP contribution in [0, 0.1) is 34.5 Å². The van der Waals surface area contributed by atoms with Crippen LogP contribution in [0.4, 0.5) is 0 Å². The van der Waals surface area contributed by atoms with E-state index in [0.29, 0.717) is 24.2 Å². The number of allylic oxidation sites excluding steroid dienone is 1. The van der Waals surface area contributed by atoms with Crippen LogP contribution in [0.3, 0.4) is 0 Å². The van der Waals surface area contributed by atoms with E-state index in [9.17, 15) is 15.0 Å². The molecule has 0 spiro atoms. The molecule has 4 aliphatic carbocycles. The zero-order valence-corrected chi connectivity index (χ0v) is 14.4. The molecule has 23 heavy (non-hydrogen) atoms. The molecule has 0 radical (unpaired) electrons. The van der Waals surface area contributed by atoms with Crippen LogP contribution in [0.2, 0.25) is 0 Å². The Hall–Kier alpha value is -0.670. The molecule has 3 heteroatoms. The summed E-state index contributed by atoms with van der Waals surface area (Å²) in [6.07, 6.45) is 9.68. The molecule has 4 rings (SSSR count). The molecule has 0 saturated heterocycles. The largest absolute Gasteiger partial charge is 0.393 e. The summed E-state index contributed by atoms with van der Waals surface area (Å²) in [5.41, 5.74) is 1.58. The van der Waals surface area contributed by atoms with E-state index in [2.05, 4.69) is 19.9 Å². The number of carbonyl (C=O) groups is 1. The van der Waals surface area contributed by atoms with Crippen molar-refractivity contribution in [2.75, 3.05) is 0 Å². The van der Waals surface area contributed by atoms with E-state index >= 15 is 0 Å². The molecule has 8 atom stereocenters. The van der Waals surface area contributed by atoms with Crippen LogP contribution < -0.4 is 0 Å². The summed E-state index contributed by atoms with van der Waals surface area (Å²) in [6.45, 7) is 4.61. The summed E-state index contributed by atoms with van der Waals surface area (Å²) >= 11 is 0. The molecule has 3 fully saturated rings. The van der Waals surface area contributed by atoms with Gasteiger partial charge in [0.05, 0.1) is 12.2 Å². The number of aliphatic hydroxyl groups excluding tert-OH is 2. The first-order chi connectivity index (χ1) is 10.9. The van der Waals surface area contributed by atoms with E-state index in [1.165, 1.54) is 5.57 Å². The van der Waals surface area contributed by atoms with E-state index in [0.717, 1.165) is 44.8 Å². The number of aldehydes is 1. The Morgan fingerprint density at radius 1 is 1.22 bits per heavy atom. The maximum atomic E-state index is 11.7. The van der Waals surface area contributed by atoms with E-state index in [1.54, 1.807) is 0 Å². The van der Waals surface area contributed by atoms with Gasteiger partial charge in [0.25, 0.3) is 0 Å². The molecule has 0 aromatic carbocycles. The van der Waals surface area contributed by atoms with Gasteiger partial charge in [0, 0.05) is 5.92 Å². The van der Waals surface area contributed by atoms with E-state index in [4.69, 9.17) is 0 Å². The van der Waals surface area contributed by atoms with Gasteiger partial charge in [-0.05, 0) is 73.5 Å². The average molecular weight is 318 g/mol. The highest BCUT2D eigenvalue weighted by atomic mass is 16.3. The van der Waals surface area contributed by atoms with Crippen LogP contribution >= 0.6 is 0 Å². The summed E-state index contributed by atoms with van der Waals surface area (Å²) in [5, 5.41) is 20.6. The minimum atomic E-state index is -0.324. The van der Waals surface area contributed by atoms with Gasteiger partial charge in [-0.1, -0.05) is 25.5 Å². The molecule has 3 nitrogen and oxygen atoms in total. The number of aliphatic hydroxyl groups is 2. The minimum absolute atomic E-state index is 0.0236. The summed E-state index contributed by atoms with van der Waals surface area (Å²) in [5.74, 6) is 1.48. The van der Waals surface area contributed by atoms with Crippen LogP contribution in [-0.2, 0) is 4.79 Å². The fourth-order valence-electron chi connectivity index (χ4n) is 6.93. The Labute approximate surface area is 139 Å². The van der Waals surface area contributed by atoms with Crippen LogP contribution in [0.25, 0.3) is 0 Å². The Bertz CT molecular complexity index is 541. The fraction of sp³-hybridized carbons (Fsp3) is 0.850. The van der Waals surface area contributed by atoms with Crippen molar-refractivity contribution in [2.45, 2.75) is 71.0 Å². The highest BCUT2D eigenvalue weighted by Gasteiger charge is 2.61. The smallest absolute Gasteiger partial charge is 0.123 e. The Morgan fingerprint density at radius 3 is 2.74 bits per heavy atom. The molecule has 3 saturated carbocycles. The Kier molecular flexibility index (Phi) is 3.55. The minimum Gasteiger partial charge on any atom is -0.393 e. The second-order valence-electron chi connectivity index (χ2n) is 9.17. The lowest BCUT2D eigenvalue weighted by Gasteiger charge is -2.58. The van der Waals surface area contributed by atoms with Crippen molar-refractivity contribution in [3.63, 3.8) is 0 Å². The first-order valence-electron chi connectivity index (χ1n) is 9.41. The third-order valence-corrected chi connectivity index (χ3v) is 8.27. The van der Waals surface area contributed by atoms with E-state index in [1.807, 2.05) is 0 Å². The van der Waals surface area contributed by atoms with Crippen molar-refractivity contribution in [3.05, 3.63) is 11.6 Å².